The molecule has 2 N–H and O–H groups in total. The van der Waals surface area contributed by atoms with Crippen molar-refractivity contribution in [2.24, 2.45) is 0 Å². The molecule has 2 saturated heterocycles. The highest BCUT2D eigenvalue weighted by atomic mass is 19.3. The Bertz CT molecular complexity index is 784. The molecule has 0 atom stereocenters. The summed E-state index contributed by atoms with van der Waals surface area (Å²) < 4.78 is 46.2. The van der Waals surface area contributed by atoms with E-state index in [1.807, 2.05) is 9.80 Å². The summed E-state index contributed by atoms with van der Waals surface area (Å²) in [7, 11) is 0. The lowest BCUT2D eigenvalue weighted by Gasteiger charge is -2.33. The molecule has 4 heterocycles. The molecule has 0 bridgehead atoms. The molecule has 0 aromatic carbocycles. The summed E-state index contributed by atoms with van der Waals surface area (Å²) in [5.74, 6) is 0.683. The SMILES string of the molecule is Fc1c(N2CCNCC2)cc(Nc2ccc(C(F)F)cn2)nc1N1CCOCC1. The molecule has 2 aromatic heterocycles. The zero-order chi connectivity index (χ0) is 20.2. The Morgan fingerprint density at radius 3 is 2.45 bits per heavy atom. The Kier molecular flexibility index (Phi) is 6.00. The summed E-state index contributed by atoms with van der Waals surface area (Å²) in [6, 6.07) is 4.42. The van der Waals surface area contributed by atoms with Gasteiger partial charge in [0.05, 0.1) is 18.9 Å². The molecular formula is C19H23F3N6O. The van der Waals surface area contributed by atoms with Crippen LogP contribution >= 0.6 is 0 Å². The van der Waals surface area contributed by atoms with Crippen molar-refractivity contribution in [3.05, 3.63) is 35.8 Å². The van der Waals surface area contributed by atoms with Crippen LogP contribution in [0.1, 0.15) is 12.0 Å². The molecule has 2 aliphatic heterocycles. The third kappa shape index (κ3) is 4.54. The summed E-state index contributed by atoms with van der Waals surface area (Å²) in [4.78, 5) is 12.3. The van der Waals surface area contributed by atoms with E-state index in [1.165, 1.54) is 12.1 Å². The van der Waals surface area contributed by atoms with Crippen LogP contribution in [0.4, 0.5) is 36.3 Å². The molecule has 156 valence electrons. The molecule has 7 nitrogen and oxygen atoms in total. The number of halogens is 3. The van der Waals surface area contributed by atoms with Gasteiger partial charge in [-0.2, -0.15) is 0 Å². The van der Waals surface area contributed by atoms with Crippen molar-refractivity contribution in [1.82, 2.24) is 15.3 Å². The quantitative estimate of drug-likeness (QED) is 0.788. The lowest BCUT2D eigenvalue weighted by molar-refractivity contribution is 0.122. The number of alkyl halides is 2. The summed E-state index contributed by atoms with van der Waals surface area (Å²) in [5.41, 5.74) is 0.313. The topological polar surface area (TPSA) is 65.5 Å². The molecule has 0 spiro atoms. The van der Waals surface area contributed by atoms with Gasteiger partial charge in [-0.1, -0.05) is 0 Å². The molecule has 2 aliphatic rings. The van der Waals surface area contributed by atoms with E-state index >= 15 is 4.39 Å². The highest BCUT2D eigenvalue weighted by Gasteiger charge is 2.24. The predicted molar refractivity (Wildman–Crippen MR) is 105 cm³/mol. The lowest BCUT2D eigenvalue weighted by atomic mass is 10.2. The molecular weight excluding hydrogens is 385 g/mol. The highest BCUT2D eigenvalue weighted by Crippen LogP contribution is 2.32. The van der Waals surface area contributed by atoms with E-state index in [0.717, 1.165) is 19.3 Å². The summed E-state index contributed by atoms with van der Waals surface area (Å²) in [6.07, 6.45) is -1.45. The van der Waals surface area contributed by atoms with Crippen LogP contribution in [-0.4, -0.2) is 62.5 Å². The van der Waals surface area contributed by atoms with Crippen molar-refractivity contribution in [3.63, 3.8) is 0 Å². The van der Waals surface area contributed by atoms with Crippen molar-refractivity contribution < 1.29 is 17.9 Å². The van der Waals surface area contributed by atoms with Crippen LogP contribution in [0.5, 0.6) is 0 Å². The Morgan fingerprint density at radius 2 is 1.79 bits per heavy atom. The van der Waals surface area contributed by atoms with E-state index in [0.29, 0.717) is 56.7 Å². The first-order valence-electron chi connectivity index (χ1n) is 9.62. The smallest absolute Gasteiger partial charge is 0.265 e. The van der Waals surface area contributed by atoms with Crippen LogP contribution in [-0.2, 0) is 4.74 Å². The summed E-state index contributed by atoms with van der Waals surface area (Å²) >= 11 is 0. The van der Waals surface area contributed by atoms with Crippen molar-refractivity contribution in [2.45, 2.75) is 6.43 Å². The largest absolute Gasteiger partial charge is 0.378 e. The fourth-order valence-electron chi connectivity index (χ4n) is 3.43. The fraction of sp³-hybridized carbons (Fsp3) is 0.474. The first-order valence-corrected chi connectivity index (χ1v) is 9.62. The van der Waals surface area contributed by atoms with Gasteiger partial charge in [-0.25, -0.2) is 23.1 Å². The number of hydrogen-bond acceptors (Lipinski definition) is 7. The Morgan fingerprint density at radius 1 is 1.03 bits per heavy atom. The molecule has 0 amide bonds. The number of anilines is 4. The second-order valence-electron chi connectivity index (χ2n) is 6.90. The Hall–Kier alpha value is -2.59. The minimum Gasteiger partial charge on any atom is -0.378 e. The predicted octanol–water partition coefficient (Wildman–Crippen LogP) is 2.54. The lowest BCUT2D eigenvalue weighted by Crippen LogP contribution is -2.44. The zero-order valence-electron chi connectivity index (χ0n) is 15.9. The van der Waals surface area contributed by atoms with Crippen LogP contribution in [0, 0.1) is 5.82 Å². The molecule has 4 rings (SSSR count). The van der Waals surface area contributed by atoms with Gasteiger partial charge < -0.3 is 25.2 Å². The van der Waals surface area contributed by atoms with E-state index in [1.54, 1.807) is 6.07 Å². The maximum atomic E-state index is 15.4. The van der Waals surface area contributed by atoms with Gasteiger partial charge in [-0.05, 0) is 12.1 Å². The molecule has 0 aliphatic carbocycles. The van der Waals surface area contributed by atoms with Crippen LogP contribution < -0.4 is 20.4 Å². The van der Waals surface area contributed by atoms with Gasteiger partial charge in [-0.3, -0.25) is 0 Å². The van der Waals surface area contributed by atoms with Crippen LogP contribution in [0.2, 0.25) is 0 Å². The second kappa shape index (κ2) is 8.83. The number of morpholine rings is 1. The normalized spacial score (nSPS) is 17.7. The van der Waals surface area contributed by atoms with E-state index in [9.17, 15) is 8.78 Å². The third-order valence-corrected chi connectivity index (χ3v) is 4.98. The standard InChI is InChI=1S/C19H23F3N6O/c20-17-14(27-5-3-23-4-6-27)11-16(26-19(17)28-7-9-29-10-8-28)25-15-2-1-13(12-24-15)18(21)22/h1-2,11-12,18,23H,3-10H2,(H,24,25,26). The molecule has 2 aromatic rings. The van der Waals surface area contributed by atoms with Gasteiger partial charge in [-0.15, -0.1) is 0 Å². The van der Waals surface area contributed by atoms with Gasteiger partial charge in [0.2, 0.25) is 0 Å². The maximum Gasteiger partial charge on any atom is 0.265 e. The number of aromatic nitrogens is 2. The molecule has 0 saturated carbocycles. The minimum absolute atomic E-state index is 0.155. The molecule has 0 unspecified atom stereocenters. The average molecular weight is 408 g/mol. The van der Waals surface area contributed by atoms with E-state index in [4.69, 9.17) is 4.74 Å². The van der Waals surface area contributed by atoms with Gasteiger partial charge >= 0.3 is 0 Å². The van der Waals surface area contributed by atoms with Crippen molar-refractivity contribution in [3.8, 4) is 0 Å². The number of nitrogens with zero attached hydrogens (tertiary/aromatic N) is 4. The second-order valence-corrected chi connectivity index (χ2v) is 6.90. The monoisotopic (exact) mass is 408 g/mol. The number of ether oxygens (including phenoxy) is 1. The Labute approximate surface area is 166 Å². The minimum atomic E-state index is -2.58. The number of rotatable bonds is 5. The zero-order valence-corrected chi connectivity index (χ0v) is 15.9. The number of pyridine rings is 2. The number of piperazine rings is 1. The number of nitrogens with one attached hydrogen (secondary N) is 2. The van der Waals surface area contributed by atoms with Crippen LogP contribution in [0.15, 0.2) is 24.4 Å². The van der Waals surface area contributed by atoms with E-state index < -0.39 is 6.43 Å². The van der Waals surface area contributed by atoms with Gasteiger partial charge in [0.25, 0.3) is 6.43 Å². The fourth-order valence-corrected chi connectivity index (χ4v) is 3.43. The van der Waals surface area contributed by atoms with E-state index in [2.05, 4.69) is 20.6 Å². The Balaban J connectivity index is 1.66. The van der Waals surface area contributed by atoms with Gasteiger partial charge in [0.15, 0.2) is 11.6 Å². The highest BCUT2D eigenvalue weighted by molar-refractivity contribution is 5.67. The summed E-state index contributed by atoms with van der Waals surface area (Å²) in [5, 5.41) is 6.28. The summed E-state index contributed by atoms with van der Waals surface area (Å²) in [6.45, 7) is 5.04. The van der Waals surface area contributed by atoms with Crippen LogP contribution in [0.3, 0.4) is 0 Å². The van der Waals surface area contributed by atoms with Gasteiger partial charge in [0.1, 0.15) is 11.6 Å². The third-order valence-electron chi connectivity index (χ3n) is 4.98. The molecule has 2 fully saturated rings. The maximum absolute atomic E-state index is 15.4. The van der Waals surface area contributed by atoms with Crippen LogP contribution in [0.25, 0.3) is 0 Å². The first kappa shape index (κ1) is 19.7. The molecule has 10 heteroatoms. The number of hydrogen-bond donors (Lipinski definition) is 2. The van der Waals surface area contributed by atoms with Crippen molar-refractivity contribution in [2.75, 3.05) is 67.6 Å². The van der Waals surface area contributed by atoms with Crippen molar-refractivity contribution in [1.29, 1.82) is 0 Å². The molecule has 0 radical (unpaired) electrons. The average Bonchev–Trinajstić information content (AvgIpc) is 2.76. The van der Waals surface area contributed by atoms with Gasteiger partial charge in [0, 0.05) is 57.1 Å². The molecule has 29 heavy (non-hydrogen) atoms. The first-order chi connectivity index (χ1) is 14.1. The van der Waals surface area contributed by atoms with E-state index in [-0.39, 0.29) is 17.2 Å². The van der Waals surface area contributed by atoms with Crippen molar-refractivity contribution >= 4 is 23.1 Å².